The standard InChI is InChI=1S/C31H34N4O5/c1-31(2,3)40-30(39)34-25(20-22-12-6-4-7-13-22)29(38)35(19-18-32)27(24-16-10-11-17-26(24)36)28(37)33-21-23-14-8-5-9-15-23/h4-17,25,27,36H,19-21H2,1-3H3,(H,33,37)(H,34,39). The quantitative estimate of drug-likeness (QED) is 0.329. The number of nitrogens with one attached hydrogen (secondary N) is 2. The Labute approximate surface area is 234 Å². The molecule has 0 spiro atoms. The van der Waals surface area contributed by atoms with Crippen molar-refractivity contribution in [2.75, 3.05) is 6.54 Å². The first-order valence-electron chi connectivity index (χ1n) is 12.9. The molecule has 0 heterocycles. The summed E-state index contributed by atoms with van der Waals surface area (Å²) in [7, 11) is 0. The number of hydrogen-bond acceptors (Lipinski definition) is 6. The molecule has 3 rings (SSSR count). The van der Waals surface area contributed by atoms with Crippen LogP contribution in [0.3, 0.4) is 0 Å². The van der Waals surface area contributed by atoms with Gasteiger partial charge in [0.05, 0.1) is 6.07 Å². The van der Waals surface area contributed by atoms with Crippen LogP contribution in [0, 0.1) is 11.3 Å². The summed E-state index contributed by atoms with van der Waals surface area (Å²) in [6.45, 7) is 4.80. The number of nitrogens with zero attached hydrogens (tertiary/aromatic N) is 2. The second kappa shape index (κ2) is 13.8. The monoisotopic (exact) mass is 542 g/mol. The summed E-state index contributed by atoms with van der Waals surface area (Å²) >= 11 is 0. The number of hydrogen-bond donors (Lipinski definition) is 3. The van der Waals surface area contributed by atoms with E-state index in [1.54, 1.807) is 57.2 Å². The zero-order valence-corrected chi connectivity index (χ0v) is 22.8. The number of amides is 3. The topological polar surface area (TPSA) is 132 Å². The molecule has 2 unspecified atom stereocenters. The highest BCUT2D eigenvalue weighted by atomic mass is 16.6. The van der Waals surface area contributed by atoms with Crippen molar-refractivity contribution in [2.45, 2.75) is 51.4 Å². The van der Waals surface area contributed by atoms with Gasteiger partial charge in [0.15, 0.2) is 0 Å². The SMILES string of the molecule is CC(C)(C)OC(=O)NC(Cc1ccccc1)C(=O)N(CC#N)C(C(=O)NCc1ccccc1)c1ccccc1O. The van der Waals surface area contributed by atoms with Crippen LogP contribution in [0.25, 0.3) is 0 Å². The molecule has 9 heteroatoms. The van der Waals surface area contributed by atoms with Gasteiger partial charge in [-0.25, -0.2) is 4.79 Å². The maximum atomic E-state index is 14.1. The third-order valence-electron chi connectivity index (χ3n) is 5.90. The van der Waals surface area contributed by atoms with Gasteiger partial charge < -0.3 is 25.4 Å². The number of para-hydroxylation sites is 1. The molecule has 3 aromatic rings. The van der Waals surface area contributed by atoms with Crippen LogP contribution in [0.15, 0.2) is 84.9 Å². The Morgan fingerprint density at radius 2 is 1.50 bits per heavy atom. The van der Waals surface area contributed by atoms with Gasteiger partial charge in [0.25, 0.3) is 0 Å². The van der Waals surface area contributed by atoms with E-state index >= 15 is 0 Å². The number of ether oxygens (including phenoxy) is 1. The maximum absolute atomic E-state index is 14.1. The van der Waals surface area contributed by atoms with Crippen LogP contribution in [0.4, 0.5) is 4.79 Å². The first-order valence-corrected chi connectivity index (χ1v) is 12.9. The highest BCUT2D eigenvalue weighted by Crippen LogP contribution is 2.30. The number of rotatable bonds is 10. The third-order valence-corrected chi connectivity index (χ3v) is 5.90. The normalized spacial score (nSPS) is 12.3. The first-order chi connectivity index (χ1) is 19.1. The molecule has 40 heavy (non-hydrogen) atoms. The molecule has 0 saturated heterocycles. The van der Waals surface area contributed by atoms with Crippen LogP contribution in [-0.4, -0.2) is 46.1 Å². The number of benzene rings is 3. The van der Waals surface area contributed by atoms with E-state index in [0.717, 1.165) is 16.0 Å². The molecule has 3 aromatic carbocycles. The molecule has 2 atom stereocenters. The molecule has 0 radical (unpaired) electrons. The number of alkyl carbamates (subject to hydrolysis) is 1. The Morgan fingerprint density at radius 3 is 2.08 bits per heavy atom. The zero-order chi connectivity index (χ0) is 29.1. The molecular weight excluding hydrogens is 508 g/mol. The summed E-state index contributed by atoms with van der Waals surface area (Å²) < 4.78 is 5.39. The van der Waals surface area contributed by atoms with E-state index in [2.05, 4.69) is 10.6 Å². The van der Waals surface area contributed by atoms with Crippen molar-refractivity contribution < 1.29 is 24.2 Å². The Bertz CT molecular complexity index is 1330. The first kappa shape index (κ1) is 29.7. The average molecular weight is 543 g/mol. The van der Waals surface area contributed by atoms with Crippen LogP contribution >= 0.6 is 0 Å². The van der Waals surface area contributed by atoms with Crippen LogP contribution < -0.4 is 10.6 Å². The van der Waals surface area contributed by atoms with Crippen LogP contribution in [-0.2, 0) is 27.3 Å². The number of phenols is 1. The molecule has 9 nitrogen and oxygen atoms in total. The van der Waals surface area contributed by atoms with E-state index in [4.69, 9.17) is 4.74 Å². The summed E-state index contributed by atoms with van der Waals surface area (Å²) in [6, 6.07) is 23.8. The minimum atomic E-state index is -1.35. The minimum absolute atomic E-state index is 0.0833. The Balaban J connectivity index is 1.99. The molecule has 0 bridgehead atoms. The third kappa shape index (κ3) is 8.60. The summed E-state index contributed by atoms with van der Waals surface area (Å²) in [5.74, 6) is -1.48. The van der Waals surface area contributed by atoms with Crippen molar-refractivity contribution in [1.82, 2.24) is 15.5 Å². The van der Waals surface area contributed by atoms with Crippen LogP contribution in [0.1, 0.15) is 43.5 Å². The number of aromatic hydroxyl groups is 1. The largest absolute Gasteiger partial charge is 0.508 e. The van der Waals surface area contributed by atoms with Crippen LogP contribution in [0.5, 0.6) is 5.75 Å². The van der Waals surface area contributed by atoms with Gasteiger partial charge in [0.2, 0.25) is 11.8 Å². The van der Waals surface area contributed by atoms with Gasteiger partial charge >= 0.3 is 6.09 Å². The Hall–Kier alpha value is -4.84. The second-order valence-electron chi connectivity index (χ2n) is 10.2. The summed E-state index contributed by atoms with van der Waals surface area (Å²) in [5.41, 5.74) is 0.916. The number of phenolic OH excluding ortho intramolecular Hbond substituents is 1. The lowest BCUT2D eigenvalue weighted by atomic mass is 9.99. The summed E-state index contributed by atoms with van der Waals surface area (Å²) in [4.78, 5) is 41.5. The van der Waals surface area contributed by atoms with Gasteiger partial charge in [-0.15, -0.1) is 0 Å². The van der Waals surface area contributed by atoms with Crippen molar-refractivity contribution in [3.63, 3.8) is 0 Å². The molecule has 208 valence electrons. The smallest absolute Gasteiger partial charge is 0.408 e. The van der Waals surface area contributed by atoms with Gasteiger partial charge in [-0.1, -0.05) is 78.9 Å². The molecular formula is C31H34N4O5. The fourth-order valence-electron chi connectivity index (χ4n) is 4.12. The Morgan fingerprint density at radius 1 is 0.925 bits per heavy atom. The van der Waals surface area contributed by atoms with Gasteiger partial charge in [0, 0.05) is 18.5 Å². The number of nitriles is 1. The van der Waals surface area contributed by atoms with Crippen molar-refractivity contribution >= 4 is 17.9 Å². The van der Waals surface area contributed by atoms with Crippen molar-refractivity contribution in [1.29, 1.82) is 5.26 Å². The van der Waals surface area contributed by atoms with Crippen molar-refractivity contribution in [3.8, 4) is 11.8 Å². The average Bonchev–Trinajstić information content (AvgIpc) is 2.92. The molecule has 0 aliphatic carbocycles. The highest BCUT2D eigenvalue weighted by Gasteiger charge is 2.37. The van der Waals surface area contributed by atoms with Gasteiger partial charge in [-0.05, 0) is 38.0 Å². The summed E-state index contributed by atoms with van der Waals surface area (Å²) in [6.07, 6.45) is -0.730. The zero-order valence-electron chi connectivity index (χ0n) is 22.8. The number of carbonyl (C=O) groups is 3. The van der Waals surface area contributed by atoms with E-state index in [9.17, 15) is 24.8 Å². The van der Waals surface area contributed by atoms with E-state index in [1.807, 2.05) is 42.5 Å². The molecule has 0 aromatic heterocycles. The molecule has 0 saturated carbocycles. The van der Waals surface area contributed by atoms with E-state index in [-0.39, 0.29) is 24.3 Å². The van der Waals surface area contributed by atoms with E-state index in [0.29, 0.717) is 0 Å². The Kier molecular flexibility index (Phi) is 10.3. The molecule has 0 aliphatic rings. The lowest BCUT2D eigenvalue weighted by Gasteiger charge is -2.33. The molecule has 3 N–H and O–H groups in total. The fraction of sp³-hybridized carbons (Fsp3) is 0.290. The maximum Gasteiger partial charge on any atom is 0.408 e. The van der Waals surface area contributed by atoms with E-state index in [1.165, 1.54) is 12.1 Å². The second-order valence-corrected chi connectivity index (χ2v) is 10.2. The number of carbonyl (C=O) groups excluding carboxylic acids is 3. The summed E-state index contributed by atoms with van der Waals surface area (Å²) in [5, 5.41) is 25.8. The minimum Gasteiger partial charge on any atom is -0.508 e. The molecule has 0 aliphatic heterocycles. The van der Waals surface area contributed by atoms with Gasteiger partial charge in [-0.3, -0.25) is 9.59 Å². The predicted molar refractivity (Wildman–Crippen MR) is 150 cm³/mol. The molecule has 0 fully saturated rings. The van der Waals surface area contributed by atoms with E-state index < -0.39 is 42.1 Å². The lowest BCUT2D eigenvalue weighted by molar-refractivity contribution is -0.141. The van der Waals surface area contributed by atoms with Gasteiger partial charge in [-0.2, -0.15) is 5.26 Å². The van der Waals surface area contributed by atoms with Crippen molar-refractivity contribution in [2.24, 2.45) is 0 Å². The fourth-order valence-corrected chi connectivity index (χ4v) is 4.12. The highest BCUT2D eigenvalue weighted by molar-refractivity contribution is 5.92. The van der Waals surface area contributed by atoms with Crippen molar-refractivity contribution in [3.05, 3.63) is 102 Å². The molecule has 3 amide bonds. The lowest BCUT2D eigenvalue weighted by Crippen LogP contribution is -2.53. The van der Waals surface area contributed by atoms with Crippen LogP contribution in [0.2, 0.25) is 0 Å². The predicted octanol–water partition coefficient (Wildman–Crippen LogP) is 4.24. The van der Waals surface area contributed by atoms with Gasteiger partial charge in [0.1, 0.15) is 30.0 Å².